The van der Waals surface area contributed by atoms with Crippen molar-refractivity contribution < 1.29 is 24.4 Å². The number of ether oxygens (including phenoxy) is 1. The van der Waals surface area contributed by atoms with E-state index in [0.717, 1.165) is 18.7 Å². The Morgan fingerprint density at radius 3 is 2.72 bits per heavy atom. The second kappa shape index (κ2) is 7.04. The van der Waals surface area contributed by atoms with E-state index in [1.165, 1.54) is 0 Å². The first-order valence-electron chi connectivity index (χ1n) is 7.94. The maximum Gasteiger partial charge on any atom is 0.337 e. The first-order chi connectivity index (χ1) is 11.6. The second-order valence-corrected chi connectivity index (χ2v) is 6.91. The van der Waals surface area contributed by atoms with Crippen molar-refractivity contribution in [3.8, 4) is 0 Å². The Balaban J connectivity index is 2.26. The molecule has 1 unspecified atom stereocenters. The van der Waals surface area contributed by atoms with Crippen LogP contribution in [-0.2, 0) is 9.53 Å². The van der Waals surface area contributed by atoms with Gasteiger partial charge >= 0.3 is 17.6 Å². The highest BCUT2D eigenvalue weighted by atomic mass is 16.6. The summed E-state index contributed by atoms with van der Waals surface area (Å²) in [6.45, 7) is 5.82. The summed E-state index contributed by atoms with van der Waals surface area (Å²) in [7, 11) is 0. The van der Waals surface area contributed by atoms with E-state index >= 15 is 0 Å². The molecule has 2 rings (SSSR count). The fourth-order valence-corrected chi connectivity index (χ4v) is 2.82. The normalized spacial score (nSPS) is 17.4. The molecule has 0 spiro atoms. The van der Waals surface area contributed by atoms with Gasteiger partial charge in [-0.15, -0.1) is 0 Å². The van der Waals surface area contributed by atoms with Crippen LogP contribution in [0.15, 0.2) is 12.3 Å². The number of anilines is 1. The Bertz CT molecular complexity index is 698. The third-order valence-corrected chi connectivity index (χ3v) is 3.76. The lowest BCUT2D eigenvalue weighted by molar-refractivity contribution is -0.384. The number of carboxylic acid groups (broad SMARTS) is 1. The van der Waals surface area contributed by atoms with E-state index in [0.29, 0.717) is 13.0 Å². The monoisotopic (exact) mass is 351 g/mol. The van der Waals surface area contributed by atoms with Crippen LogP contribution in [0.3, 0.4) is 0 Å². The van der Waals surface area contributed by atoms with Crippen molar-refractivity contribution in [1.29, 1.82) is 0 Å². The fourth-order valence-electron chi connectivity index (χ4n) is 2.82. The number of carbonyl (C=O) groups excluding carboxylic acids is 1. The van der Waals surface area contributed by atoms with Gasteiger partial charge in [-0.25, -0.2) is 9.78 Å². The Morgan fingerprint density at radius 2 is 2.16 bits per heavy atom. The van der Waals surface area contributed by atoms with E-state index in [-0.39, 0.29) is 35.5 Å². The van der Waals surface area contributed by atoms with Crippen LogP contribution in [-0.4, -0.2) is 45.1 Å². The molecule has 1 aliphatic rings. The summed E-state index contributed by atoms with van der Waals surface area (Å²) in [4.78, 5) is 39.4. The predicted octanol–water partition coefficient (Wildman–Crippen LogP) is 2.39. The molecule has 9 heteroatoms. The minimum absolute atomic E-state index is 0.0843. The second-order valence-electron chi connectivity index (χ2n) is 6.91. The molecule has 0 aliphatic carbocycles. The van der Waals surface area contributed by atoms with Gasteiger partial charge in [0, 0.05) is 24.8 Å². The number of pyridine rings is 1. The molecule has 1 aromatic heterocycles. The Kier molecular flexibility index (Phi) is 5.24. The van der Waals surface area contributed by atoms with Gasteiger partial charge in [0.15, 0.2) is 0 Å². The van der Waals surface area contributed by atoms with Crippen LogP contribution in [0.5, 0.6) is 0 Å². The third-order valence-electron chi connectivity index (χ3n) is 3.76. The SMILES string of the molecule is CC(C)(C)OC(=O)CC1CCCN1c1ncc(C(=O)O)cc1[N+](=O)[O-]. The van der Waals surface area contributed by atoms with Gasteiger partial charge in [-0.2, -0.15) is 0 Å². The van der Waals surface area contributed by atoms with Crippen LogP contribution in [0.2, 0.25) is 0 Å². The Labute approximate surface area is 144 Å². The number of carbonyl (C=O) groups is 2. The van der Waals surface area contributed by atoms with Crippen molar-refractivity contribution in [2.24, 2.45) is 0 Å². The number of aromatic carboxylic acids is 1. The zero-order chi connectivity index (χ0) is 18.8. The largest absolute Gasteiger partial charge is 0.478 e. The minimum Gasteiger partial charge on any atom is -0.478 e. The lowest BCUT2D eigenvalue weighted by atomic mass is 10.1. The van der Waals surface area contributed by atoms with E-state index in [1.807, 2.05) is 0 Å². The maximum absolute atomic E-state index is 12.1. The Hall–Kier alpha value is -2.71. The summed E-state index contributed by atoms with van der Waals surface area (Å²) in [6, 6.07) is 0.727. The van der Waals surface area contributed by atoms with Gasteiger partial charge in [0.05, 0.1) is 16.9 Å². The smallest absolute Gasteiger partial charge is 0.337 e. The van der Waals surface area contributed by atoms with Gasteiger partial charge in [-0.3, -0.25) is 14.9 Å². The average molecular weight is 351 g/mol. The standard InChI is InChI=1S/C16H21N3O6/c1-16(2,3)25-13(20)8-11-5-4-6-18(11)14-12(19(23)24)7-10(9-17-14)15(21)22/h7,9,11H,4-6,8H2,1-3H3,(H,21,22). The molecule has 1 aromatic rings. The van der Waals surface area contributed by atoms with Gasteiger partial charge in [0.2, 0.25) is 5.82 Å². The summed E-state index contributed by atoms with van der Waals surface area (Å²) in [6.07, 6.45) is 2.62. The molecule has 1 N–H and O–H groups in total. The van der Waals surface area contributed by atoms with Crippen molar-refractivity contribution in [3.05, 3.63) is 27.9 Å². The number of esters is 1. The van der Waals surface area contributed by atoms with Gasteiger partial charge in [0.1, 0.15) is 5.60 Å². The summed E-state index contributed by atoms with van der Waals surface area (Å²) in [5.41, 5.74) is -1.23. The van der Waals surface area contributed by atoms with Crippen molar-refractivity contribution >= 4 is 23.4 Å². The fraction of sp³-hybridized carbons (Fsp3) is 0.562. The molecule has 0 aromatic carbocycles. The number of carboxylic acids is 1. The number of aromatic nitrogens is 1. The first-order valence-corrected chi connectivity index (χ1v) is 7.94. The van der Waals surface area contributed by atoms with Gasteiger partial charge < -0.3 is 14.7 Å². The first kappa shape index (κ1) is 18.6. The molecule has 1 atom stereocenters. The van der Waals surface area contributed by atoms with Crippen LogP contribution >= 0.6 is 0 Å². The van der Waals surface area contributed by atoms with Crippen molar-refractivity contribution in [2.45, 2.75) is 51.7 Å². The maximum atomic E-state index is 12.1. The predicted molar refractivity (Wildman–Crippen MR) is 88.7 cm³/mol. The minimum atomic E-state index is -1.28. The molecular weight excluding hydrogens is 330 g/mol. The molecule has 1 saturated heterocycles. The Morgan fingerprint density at radius 1 is 1.48 bits per heavy atom. The zero-order valence-corrected chi connectivity index (χ0v) is 14.4. The highest BCUT2D eigenvalue weighted by Crippen LogP contribution is 2.33. The van der Waals surface area contributed by atoms with E-state index in [4.69, 9.17) is 9.84 Å². The summed E-state index contributed by atoms with van der Waals surface area (Å²) < 4.78 is 5.31. The van der Waals surface area contributed by atoms with Gasteiger partial charge in [-0.05, 0) is 33.6 Å². The molecular formula is C16H21N3O6. The number of rotatable bonds is 5. The highest BCUT2D eigenvalue weighted by molar-refractivity contribution is 5.89. The van der Waals surface area contributed by atoms with Crippen molar-refractivity contribution in [2.75, 3.05) is 11.4 Å². The lowest BCUT2D eigenvalue weighted by Gasteiger charge is -2.26. The number of hydrogen-bond acceptors (Lipinski definition) is 7. The molecule has 0 bridgehead atoms. The molecule has 25 heavy (non-hydrogen) atoms. The van der Waals surface area contributed by atoms with Crippen LogP contribution in [0.1, 0.15) is 50.4 Å². The molecule has 1 fully saturated rings. The summed E-state index contributed by atoms with van der Waals surface area (Å²) >= 11 is 0. The molecule has 2 heterocycles. The molecule has 0 radical (unpaired) electrons. The van der Waals surface area contributed by atoms with Crippen molar-refractivity contribution in [1.82, 2.24) is 4.98 Å². The zero-order valence-electron chi connectivity index (χ0n) is 14.4. The highest BCUT2D eigenvalue weighted by Gasteiger charge is 2.34. The molecule has 0 amide bonds. The van der Waals surface area contributed by atoms with E-state index in [1.54, 1.807) is 25.7 Å². The van der Waals surface area contributed by atoms with Gasteiger partial charge in [-0.1, -0.05) is 0 Å². The third kappa shape index (κ3) is 4.65. The van der Waals surface area contributed by atoms with Crippen LogP contribution in [0, 0.1) is 10.1 Å². The quantitative estimate of drug-likeness (QED) is 0.487. The average Bonchev–Trinajstić information content (AvgIpc) is 2.92. The molecule has 1 aliphatic heterocycles. The number of hydrogen-bond donors (Lipinski definition) is 1. The molecule has 136 valence electrons. The molecule has 9 nitrogen and oxygen atoms in total. The van der Waals surface area contributed by atoms with Gasteiger partial charge in [0.25, 0.3) is 0 Å². The number of nitrogens with zero attached hydrogens (tertiary/aromatic N) is 3. The van der Waals surface area contributed by atoms with Crippen LogP contribution in [0.4, 0.5) is 11.5 Å². The summed E-state index contributed by atoms with van der Waals surface area (Å²) in [5, 5.41) is 20.3. The topological polar surface area (TPSA) is 123 Å². The van der Waals surface area contributed by atoms with Crippen molar-refractivity contribution in [3.63, 3.8) is 0 Å². The van der Waals surface area contributed by atoms with E-state index in [2.05, 4.69) is 4.98 Å². The number of nitro groups is 1. The lowest BCUT2D eigenvalue weighted by Crippen LogP contribution is -2.35. The van der Waals surface area contributed by atoms with Crippen LogP contribution < -0.4 is 4.90 Å². The summed E-state index contributed by atoms with van der Waals surface area (Å²) in [5.74, 6) is -1.58. The van der Waals surface area contributed by atoms with E-state index < -0.39 is 16.5 Å². The molecule has 0 saturated carbocycles. The van der Waals surface area contributed by atoms with E-state index in [9.17, 15) is 19.7 Å². The van der Waals surface area contributed by atoms with Crippen LogP contribution in [0.25, 0.3) is 0 Å².